The van der Waals surface area contributed by atoms with Crippen molar-refractivity contribution < 1.29 is 33.0 Å². The Kier molecular flexibility index (Phi) is 9.08. The number of para-hydroxylation sites is 1. The number of amides is 2. The standard InChI is InChI=1S/C25H23FN2O6S/c1-32-21-13-16(25(31)34-15-24(30)28-19-5-3-4-6-22(19)35-2)7-12-20(21)33-14-23(29)27-18-10-8-17(26)9-11-18/h3-13H,14-15H2,1-2H3,(H,27,29)(H,28,30). The summed E-state index contributed by atoms with van der Waals surface area (Å²) < 4.78 is 28.8. The first-order chi connectivity index (χ1) is 16.9. The molecule has 182 valence electrons. The lowest BCUT2D eigenvalue weighted by Crippen LogP contribution is -2.21. The summed E-state index contributed by atoms with van der Waals surface area (Å²) in [6.07, 6.45) is 1.89. The molecule has 0 radical (unpaired) electrons. The summed E-state index contributed by atoms with van der Waals surface area (Å²) >= 11 is 1.48. The Bertz CT molecular complexity index is 1200. The Labute approximate surface area is 205 Å². The molecule has 2 N–H and O–H groups in total. The molecule has 0 saturated heterocycles. The molecule has 0 aliphatic rings. The second kappa shape index (κ2) is 12.4. The van der Waals surface area contributed by atoms with Gasteiger partial charge in [-0.1, -0.05) is 12.1 Å². The van der Waals surface area contributed by atoms with Gasteiger partial charge in [0, 0.05) is 10.6 Å². The molecule has 0 atom stereocenters. The van der Waals surface area contributed by atoms with E-state index in [0.29, 0.717) is 11.4 Å². The first kappa shape index (κ1) is 25.6. The van der Waals surface area contributed by atoms with Gasteiger partial charge in [0.05, 0.1) is 18.4 Å². The van der Waals surface area contributed by atoms with Crippen molar-refractivity contribution in [3.8, 4) is 11.5 Å². The zero-order chi connectivity index (χ0) is 25.2. The van der Waals surface area contributed by atoms with E-state index in [4.69, 9.17) is 14.2 Å². The Morgan fingerprint density at radius 2 is 1.60 bits per heavy atom. The average Bonchev–Trinajstić information content (AvgIpc) is 2.87. The van der Waals surface area contributed by atoms with Gasteiger partial charge in [0.1, 0.15) is 5.82 Å². The molecule has 35 heavy (non-hydrogen) atoms. The lowest BCUT2D eigenvalue weighted by atomic mass is 10.2. The van der Waals surface area contributed by atoms with Crippen molar-refractivity contribution in [3.63, 3.8) is 0 Å². The van der Waals surface area contributed by atoms with E-state index in [-0.39, 0.29) is 23.7 Å². The van der Waals surface area contributed by atoms with Crippen molar-refractivity contribution in [1.29, 1.82) is 0 Å². The number of halogens is 1. The first-order valence-corrected chi connectivity index (χ1v) is 11.6. The lowest BCUT2D eigenvalue weighted by Gasteiger charge is -2.13. The van der Waals surface area contributed by atoms with Crippen LogP contribution >= 0.6 is 11.8 Å². The third-order valence-electron chi connectivity index (χ3n) is 4.60. The summed E-state index contributed by atoms with van der Waals surface area (Å²) in [6, 6.07) is 16.9. The van der Waals surface area contributed by atoms with Gasteiger partial charge >= 0.3 is 5.97 Å². The van der Waals surface area contributed by atoms with Crippen molar-refractivity contribution in [2.24, 2.45) is 0 Å². The van der Waals surface area contributed by atoms with Gasteiger partial charge in [0.2, 0.25) is 0 Å². The van der Waals surface area contributed by atoms with Crippen molar-refractivity contribution in [3.05, 3.63) is 78.1 Å². The molecule has 2 amide bonds. The molecule has 3 aromatic rings. The Morgan fingerprint density at radius 3 is 2.31 bits per heavy atom. The molecule has 3 aromatic carbocycles. The van der Waals surface area contributed by atoms with E-state index < -0.39 is 30.2 Å². The SMILES string of the molecule is COc1cc(C(=O)OCC(=O)Nc2ccccc2SC)ccc1OCC(=O)Nc1ccc(F)cc1. The monoisotopic (exact) mass is 498 g/mol. The van der Waals surface area contributed by atoms with Crippen molar-refractivity contribution in [2.45, 2.75) is 4.90 Å². The van der Waals surface area contributed by atoms with Gasteiger partial charge in [-0.3, -0.25) is 9.59 Å². The second-order valence-corrected chi connectivity index (χ2v) is 7.88. The molecule has 0 saturated carbocycles. The minimum absolute atomic E-state index is 0.141. The van der Waals surface area contributed by atoms with Crippen LogP contribution in [0.3, 0.4) is 0 Å². The maximum Gasteiger partial charge on any atom is 0.338 e. The van der Waals surface area contributed by atoms with Gasteiger partial charge in [0.25, 0.3) is 11.8 Å². The number of thioether (sulfide) groups is 1. The first-order valence-electron chi connectivity index (χ1n) is 10.4. The van der Waals surface area contributed by atoms with Crippen LogP contribution in [0.25, 0.3) is 0 Å². The van der Waals surface area contributed by atoms with Gasteiger partial charge in [-0.25, -0.2) is 9.18 Å². The van der Waals surface area contributed by atoms with Crippen molar-refractivity contribution >= 4 is 40.9 Å². The van der Waals surface area contributed by atoms with Gasteiger partial charge < -0.3 is 24.8 Å². The predicted octanol–water partition coefficient (Wildman–Crippen LogP) is 4.37. The zero-order valence-corrected chi connectivity index (χ0v) is 19.8. The fourth-order valence-corrected chi connectivity index (χ4v) is 3.49. The number of methoxy groups -OCH3 is 1. The van der Waals surface area contributed by atoms with Crippen molar-refractivity contribution in [2.75, 3.05) is 37.2 Å². The van der Waals surface area contributed by atoms with Crippen LogP contribution < -0.4 is 20.1 Å². The number of ether oxygens (including phenoxy) is 3. The highest BCUT2D eigenvalue weighted by atomic mass is 32.2. The number of carbonyl (C=O) groups is 3. The van der Waals surface area contributed by atoms with Crippen LogP contribution in [0.5, 0.6) is 11.5 Å². The highest BCUT2D eigenvalue weighted by Crippen LogP contribution is 2.28. The molecule has 0 spiro atoms. The van der Waals surface area contributed by atoms with Gasteiger partial charge in [0.15, 0.2) is 24.7 Å². The van der Waals surface area contributed by atoms with Gasteiger partial charge in [-0.15, -0.1) is 11.8 Å². The normalized spacial score (nSPS) is 10.3. The van der Waals surface area contributed by atoms with Crippen LogP contribution in [-0.4, -0.2) is 44.4 Å². The Morgan fingerprint density at radius 1 is 0.886 bits per heavy atom. The highest BCUT2D eigenvalue weighted by molar-refractivity contribution is 7.98. The molecule has 8 nitrogen and oxygen atoms in total. The average molecular weight is 499 g/mol. The number of esters is 1. The number of carbonyl (C=O) groups excluding carboxylic acids is 3. The van der Waals surface area contributed by atoms with Crippen LogP contribution in [0.4, 0.5) is 15.8 Å². The van der Waals surface area contributed by atoms with Gasteiger partial charge in [-0.2, -0.15) is 0 Å². The summed E-state index contributed by atoms with van der Waals surface area (Å²) in [6.45, 7) is -0.805. The summed E-state index contributed by atoms with van der Waals surface area (Å²) in [4.78, 5) is 37.6. The Balaban J connectivity index is 1.53. The number of nitrogens with one attached hydrogen (secondary N) is 2. The molecule has 0 aliphatic heterocycles. The third kappa shape index (κ3) is 7.47. The third-order valence-corrected chi connectivity index (χ3v) is 5.40. The van der Waals surface area contributed by atoms with Gasteiger partial charge in [-0.05, 0) is 60.9 Å². The van der Waals surface area contributed by atoms with Crippen LogP contribution in [0, 0.1) is 5.82 Å². The molecular formula is C25H23FN2O6S. The molecule has 0 heterocycles. The summed E-state index contributed by atoms with van der Waals surface area (Å²) in [7, 11) is 1.38. The number of hydrogen-bond donors (Lipinski definition) is 2. The predicted molar refractivity (Wildman–Crippen MR) is 131 cm³/mol. The Hall–Kier alpha value is -4.05. The maximum absolute atomic E-state index is 13.0. The van der Waals surface area contributed by atoms with E-state index in [1.54, 1.807) is 12.1 Å². The number of anilines is 2. The largest absolute Gasteiger partial charge is 0.493 e. The van der Waals surface area contributed by atoms with Crippen LogP contribution in [0.2, 0.25) is 0 Å². The number of hydrogen-bond acceptors (Lipinski definition) is 7. The van der Waals surface area contributed by atoms with E-state index in [1.807, 2.05) is 18.4 Å². The van der Waals surface area contributed by atoms with Crippen LogP contribution in [-0.2, 0) is 14.3 Å². The smallest absolute Gasteiger partial charge is 0.338 e. The summed E-state index contributed by atoms with van der Waals surface area (Å²) in [5.41, 5.74) is 1.20. The van der Waals surface area contributed by atoms with E-state index in [2.05, 4.69) is 10.6 Å². The number of rotatable bonds is 10. The fraction of sp³-hybridized carbons (Fsp3) is 0.160. The summed E-state index contributed by atoms with van der Waals surface area (Å²) in [5.74, 6) is -1.64. The second-order valence-electron chi connectivity index (χ2n) is 7.03. The molecular weight excluding hydrogens is 475 g/mol. The quantitative estimate of drug-likeness (QED) is 0.316. The molecule has 0 aliphatic carbocycles. The number of benzene rings is 3. The molecule has 0 aromatic heterocycles. The topological polar surface area (TPSA) is 103 Å². The van der Waals surface area contributed by atoms with E-state index in [9.17, 15) is 18.8 Å². The zero-order valence-electron chi connectivity index (χ0n) is 19.0. The minimum Gasteiger partial charge on any atom is -0.493 e. The molecule has 0 unspecified atom stereocenters. The van der Waals surface area contributed by atoms with E-state index >= 15 is 0 Å². The van der Waals surface area contributed by atoms with Crippen LogP contribution in [0.15, 0.2) is 71.6 Å². The maximum atomic E-state index is 13.0. The highest BCUT2D eigenvalue weighted by Gasteiger charge is 2.15. The van der Waals surface area contributed by atoms with Crippen LogP contribution in [0.1, 0.15) is 10.4 Å². The summed E-state index contributed by atoms with van der Waals surface area (Å²) in [5, 5.41) is 5.28. The van der Waals surface area contributed by atoms with E-state index in [1.165, 1.54) is 61.3 Å². The lowest BCUT2D eigenvalue weighted by molar-refractivity contribution is -0.119. The molecule has 0 fully saturated rings. The molecule has 3 rings (SSSR count). The fourth-order valence-electron chi connectivity index (χ4n) is 2.94. The minimum atomic E-state index is -0.725. The molecule has 0 bridgehead atoms. The van der Waals surface area contributed by atoms with Crippen molar-refractivity contribution in [1.82, 2.24) is 0 Å². The molecule has 10 heteroatoms. The van der Waals surface area contributed by atoms with E-state index in [0.717, 1.165) is 4.90 Å².